The predicted octanol–water partition coefficient (Wildman–Crippen LogP) is 2.83. The van der Waals surface area contributed by atoms with E-state index in [0.29, 0.717) is 17.1 Å². The van der Waals surface area contributed by atoms with Crippen LogP contribution in [0.5, 0.6) is 17.4 Å². The SMILES string of the molecule is COc1ccccc1Oc1nc2ccccn2c1C(=O)O. The van der Waals surface area contributed by atoms with Crippen LogP contribution in [0.3, 0.4) is 0 Å². The van der Waals surface area contributed by atoms with Crippen LogP contribution < -0.4 is 9.47 Å². The Labute approximate surface area is 120 Å². The first-order valence-corrected chi connectivity index (χ1v) is 6.22. The molecular weight excluding hydrogens is 272 g/mol. The van der Waals surface area contributed by atoms with Crippen LogP contribution in [0.2, 0.25) is 0 Å². The summed E-state index contributed by atoms with van der Waals surface area (Å²) in [5.41, 5.74) is 0.469. The van der Waals surface area contributed by atoms with Crippen LogP contribution >= 0.6 is 0 Å². The summed E-state index contributed by atoms with van der Waals surface area (Å²) in [6.07, 6.45) is 1.63. The molecule has 0 saturated carbocycles. The average Bonchev–Trinajstić information content (AvgIpc) is 2.85. The van der Waals surface area contributed by atoms with Crippen LogP contribution in [0, 0.1) is 0 Å². The van der Waals surface area contributed by atoms with E-state index in [0.717, 1.165) is 0 Å². The lowest BCUT2D eigenvalue weighted by Gasteiger charge is -2.08. The second-order valence-corrected chi connectivity index (χ2v) is 4.25. The highest BCUT2D eigenvalue weighted by atomic mass is 16.5. The van der Waals surface area contributed by atoms with Gasteiger partial charge in [-0.2, -0.15) is 4.98 Å². The van der Waals surface area contributed by atoms with Gasteiger partial charge in [-0.05, 0) is 24.3 Å². The van der Waals surface area contributed by atoms with E-state index in [1.165, 1.54) is 11.5 Å². The number of nitrogens with zero attached hydrogens (tertiary/aromatic N) is 2. The zero-order valence-electron chi connectivity index (χ0n) is 11.2. The summed E-state index contributed by atoms with van der Waals surface area (Å²) in [4.78, 5) is 15.7. The molecule has 0 aliphatic heterocycles. The summed E-state index contributed by atoms with van der Waals surface area (Å²) in [6.45, 7) is 0. The van der Waals surface area contributed by atoms with Gasteiger partial charge in [0.25, 0.3) is 5.88 Å². The largest absolute Gasteiger partial charge is 0.493 e. The molecular formula is C15H12N2O4. The Morgan fingerprint density at radius 3 is 2.57 bits per heavy atom. The van der Waals surface area contributed by atoms with Crippen LogP contribution in [-0.2, 0) is 0 Å². The number of carboxylic acids is 1. The fourth-order valence-corrected chi connectivity index (χ4v) is 2.05. The molecule has 0 amide bonds. The van der Waals surface area contributed by atoms with E-state index in [2.05, 4.69) is 4.98 Å². The molecule has 2 aromatic heterocycles. The number of benzene rings is 1. The minimum atomic E-state index is -1.11. The van der Waals surface area contributed by atoms with Crippen molar-refractivity contribution in [2.75, 3.05) is 7.11 Å². The van der Waals surface area contributed by atoms with Crippen LogP contribution in [0.1, 0.15) is 10.5 Å². The third kappa shape index (κ3) is 2.27. The summed E-state index contributed by atoms with van der Waals surface area (Å²) in [6, 6.07) is 12.2. The molecule has 6 nitrogen and oxygen atoms in total. The van der Waals surface area contributed by atoms with Crippen LogP contribution in [-0.4, -0.2) is 27.6 Å². The van der Waals surface area contributed by atoms with Gasteiger partial charge in [-0.1, -0.05) is 18.2 Å². The van der Waals surface area contributed by atoms with Gasteiger partial charge in [-0.15, -0.1) is 0 Å². The Kier molecular flexibility index (Phi) is 3.19. The molecule has 0 aliphatic carbocycles. The highest BCUT2D eigenvalue weighted by molar-refractivity contribution is 5.90. The van der Waals surface area contributed by atoms with Gasteiger partial charge in [-0.3, -0.25) is 4.40 Å². The van der Waals surface area contributed by atoms with Crippen molar-refractivity contribution in [3.05, 3.63) is 54.4 Å². The first-order chi connectivity index (χ1) is 10.2. The smallest absolute Gasteiger partial charge is 0.358 e. The molecule has 2 heterocycles. The van der Waals surface area contributed by atoms with Crippen molar-refractivity contribution in [2.24, 2.45) is 0 Å². The van der Waals surface area contributed by atoms with Crippen molar-refractivity contribution < 1.29 is 19.4 Å². The fraction of sp³-hybridized carbons (Fsp3) is 0.0667. The molecule has 0 radical (unpaired) electrons. The summed E-state index contributed by atoms with van der Waals surface area (Å²) in [5.74, 6) is -0.173. The minimum absolute atomic E-state index is 0.0261. The van der Waals surface area contributed by atoms with Gasteiger partial charge in [0.1, 0.15) is 5.65 Å². The molecule has 1 N–H and O–H groups in total. The van der Waals surface area contributed by atoms with Crippen molar-refractivity contribution in [3.8, 4) is 17.4 Å². The maximum absolute atomic E-state index is 11.5. The molecule has 6 heteroatoms. The van der Waals surface area contributed by atoms with Crippen LogP contribution in [0.25, 0.3) is 5.65 Å². The molecule has 0 unspecified atom stereocenters. The Balaban J connectivity index is 2.12. The molecule has 3 rings (SSSR count). The lowest BCUT2D eigenvalue weighted by Crippen LogP contribution is -2.03. The molecule has 3 aromatic rings. The van der Waals surface area contributed by atoms with Crippen LogP contribution in [0.4, 0.5) is 0 Å². The monoisotopic (exact) mass is 284 g/mol. The van der Waals surface area contributed by atoms with Gasteiger partial charge in [0.2, 0.25) is 0 Å². The summed E-state index contributed by atoms with van der Waals surface area (Å²) in [5, 5.41) is 9.38. The first kappa shape index (κ1) is 13.0. The van der Waals surface area contributed by atoms with Gasteiger partial charge in [-0.25, -0.2) is 4.79 Å². The lowest BCUT2D eigenvalue weighted by atomic mass is 10.3. The number of carboxylic acid groups (broad SMARTS) is 1. The third-order valence-electron chi connectivity index (χ3n) is 2.98. The van der Waals surface area contributed by atoms with Crippen molar-refractivity contribution in [1.82, 2.24) is 9.38 Å². The van der Waals surface area contributed by atoms with Crippen LogP contribution in [0.15, 0.2) is 48.7 Å². The number of ether oxygens (including phenoxy) is 2. The van der Waals surface area contributed by atoms with E-state index in [-0.39, 0.29) is 11.6 Å². The van der Waals surface area contributed by atoms with Crippen molar-refractivity contribution >= 4 is 11.6 Å². The predicted molar refractivity (Wildman–Crippen MR) is 75.2 cm³/mol. The van der Waals surface area contributed by atoms with Gasteiger partial charge >= 0.3 is 5.97 Å². The molecule has 0 aliphatic rings. The van der Waals surface area contributed by atoms with Crippen molar-refractivity contribution in [2.45, 2.75) is 0 Å². The van der Waals surface area contributed by atoms with Gasteiger partial charge in [0.15, 0.2) is 17.2 Å². The number of rotatable bonds is 4. The van der Waals surface area contributed by atoms with Gasteiger partial charge < -0.3 is 14.6 Å². The fourth-order valence-electron chi connectivity index (χ4n) is 2.05. The van der Waals surface area contributed by atoms with E-state index in [9.17, 15) is 9.90 Å². The topological polar surface area (TPSA) is 73.1 Å². The summed E-state index contributed by atoms with van der Waals surface area (Å²) in [7, 11) is 1.52. The Morgan fingerprint density at radius 2 is 1.86 bits per heavy atom. The zero-order valence-corrected chi connectivity index (χ0v) is 11.2. The minimum Gasteiger partial charge on any atom is -0.493 e. The number of carbonyl (C=O) groups is 1. The first-order valence-electron chi connectivity index (χ1n) is 6.22. The zero-order chi connectivity index (χ0) is 14.8. The van der Waals surface area contributed by atoms with Crippen molar-refractivity contribution in [1.29, 1.82) is 0 Å². The Morgan fingerprint density at radius 1 is 1.14 bits per heavy atom. The molecule has 0 fully saturated rings. The second kappa shape index (κ2) is 5.16. The van der Waals surface area contributed by atoms with Crippen molar-refractivity contribution in [3.63, 3.8) is 0 Å². The summed E-state index contributed by atoms with van der Waals surface area (Å²) < 4.78 is 12.3. The van der Waals surface area contributed by atoms with E-state index < -0.39 is 5.97 Å². The molecule has 106 valence electrons. The second-order valence-electron chi connectivity index (χ2n) is 4.25. The third-order valence-corrected chi connectivity index (χ3v) is 2.98. The molecule has 0 spiro atoms. The number of methoxy groups -OCH3 is 1. The van der Waals surface area contributed by atoms with E-state index in [4.69, 9.17) is 9.47 Å². The highest BCUT2D eigenvalue weighted by Crippen LogP contribution is 2.32. The van der Waals surface area contributed by atoms with E-state index in [1.54, 1.807) is 48.7 Å². The standard InChI is InChI=1S/C15H12N2O4/c1-20-10-6-2-3-7-11(10)21-14-13(15(18)19)17-9-5-4-8-12(17)16-14/h2-9H,1H3,(H,18,19). The molecule has 0 saturated heterocycles. The highest BCUT2D eigenvalue weighted by Gasteiger charge is 2.21. The number of para-hydroxylation sites is 2. The number of pyridine rings is 1. The normalized spacial score (nSPS) is 10.5. The molecule has 21 heavy (non-hydrogen) atoms. The number of fused-ring (bicyclic) bond motifs is 1. The average molecular weight is 284 g/mol. The van der Waals surface area contributed by atoms with E-state index >= 15 is 0 Å². The Bertz CT molecular complexity index is 810. The maximum Gasteiger partial charge on any atom is 0.358 e. The Hall–Kier alpha value is -3.02. The number of imidazole rings is 1. The maximum atomic E-state index is 11.5. The molecule has 0 bridgehead atoms. The number of aromatic carboxylic acids is 1. The lowest BCUT2D eigenvalue weighted by molar-refractivity contribution is 0.0686. The summed E-state index contributed by atoms with van der Waals surface area (Å²) >= 11 is 0. The molecule has 1 aromatic carbocycles. The number of hydrogen-bond donors (Lipinski definition) is 1. The quantitative estimate of drug-likeness (QED) is 0.797. The number of hydrogen-bond acceptors (Lipinski definition) is 4. The number of aromatic nitrogens is 2. The van der Waals surface area contributed by atoms with Gasteiger partial charge in [0, 0.05) is 6.20 Å². The molecule has 0 atom stereocenters. The van der Waals surface area contributed by atoms with Gasteiger partial charge in [0.05, 0.1) is 7.11 Å². The van der Waals surface area contributed by atoms with E-state index in [1.807, 2.05) is 0 Å².